The number of benzene rings is 3. The molecule has 0 radical (unpaired) electrons. The van der Waals surface area contributed by atoms with Crippen LogP contribution in [0.2, 0.25) is 10.0 Å². The van der Waals surface area contributed by atoms with Crippen molar-refractivity contribution < 1.29 is 18.0 Å². The van der Waals surface area contributed by atoms with Gasteiger partial charge in [-0.3, -0.25) is 13.9 Å². The van der Waals surface area contributed by atoms with Crippen LogP contribution >= 0.6 is 23.2 Å². The summed E-state index contributed by atoms with van der Waals surface area (Å²) in [6.45, 7) is 7.58. The molecule has 3 aromatic carbocycles. The first-order chi connectivity index (χ1) is 19.3. The number of nitrogens with zero attached hydrogens (tertiary/aromatic N) is 2. The van der Waals surface area contributed by atoms with Gasteiger partial charge in [0.2, 0.25) is 21.8 Å². The Morgan fingerprint density at radius 3 is 2.10 bits per heavy atom. The van der Waals surface area contributed by atoms with Crippen molar-refractivity contribution in [2.75, 3.05) is 23.7 Å². The Morgan fingerprint density at radius 2 is 1.54 bits per heavy atom. The van der Waals surface area contributed by atoms with E-state index in [1.54, 1.807) is 30.3 Å². The second kappa shape index (κ2) is 14.2. The minimum absolute atomic E-state index is 0.0888. The molecular formula is C31H37Cl2N3O4S. The lowest BCUT2D eigenvalue weighted by Gasteiger charge is -2.34. The van der Waals surface area contributed by atoms with Crippen molar-refractivity contribution in [2.45, 2.75) is 46.7 Å². The summed E-state index contributed by atoms with van der Waals surface area (Å²) in [7, 11) is -3.86. The van der Waals surface area contributed by atoms with E-state index in [1.807, 2.05) is 64.1 Å². The maximum atomic E-state index is 14.2. The Bertz CT molecular complexity index is 1460. The molecule has 2 amide bonds. The second-order valence-electron chi connectivity index (χ2n) is 10.6. The highest BCUT2D eigenvalue weighted by Gasteiger charge is 2.33. The molecule has 3 aromatic rings. The number of hydrogen-bond acceptors (Lipinski definition) is 4. The van der Waals surface area contributed by atoms with Crippen LogP contribution in [-0.2, 0) is 32.6 Å². The molecule has 0 aliphatic heterocycles. The number of hydrogen-bond donors (Lipinski definition) is 1. The monoisotopic (exact) mass is 617 g/mol. The Hall–Kier alpha value is -3.07. The quantitative estimate of drug-likeness (QED) is 0.279. The van der Waals surface area contributed by atoms with Crippen LogP contribution in [0.3, 0.4) is 0 Å². The number of anilines is 1. The molecule has 0 bridgehead atoms. The molecule has 7 nitrogen and oxygen atoms in total. The van der Waals surface area contributed by atoms with Crippen molar-refractivity contribution in [1.29, 1.82) is 0 Å². The highest BCUT2D eigenvalue weighted by molar-refractivity contribution is 7.92. The number of carbonyl (C=O) groups excluding carboxylic acids is 2. The average molecular weight is 619 g/mol. The van der Waals surface area contributed by atoms with Crippen LogP contribution in [0.4, 0.5) is 5.69 Å². The molecule has 0 aliphatic carbocycles. The van der Waals surface area contributed by atoms with Crippen molar-refractivity contribution >= 4 is 50.7 Å². The van der Waals surface area contributed by atoms with Gasteiger partial charge in [0.25, 0.3) is 0 Å². The first-order valence-electron chi connectivity index (χ1n) is 13.4. The van der Waals surface area contributed by atoms with Gasteiger partial charge in [0.05, 0.1) is 11.9 Å². The van der Waals surface area contributed by atoms with E-state index in [2.05, 4.69) is 5.32 Å². The van der Waals surface area contributed by atoms with Gasteiger partial charge in [-0.1, -0.05) is 79.5 Å². The van der Waals surface area contributed by atoms with Crippen molar-refractivity contribution in [2.24, 2.45) is 5.92 Å². The molecule has 0 heterocycles. The minimum Gasteiger partial charge on any atom is -0.354 e. The van der Waals surface area contributed by atoms with E-state index >= 15 is 0 Å². The maximum Gasteiger partial charge on any atom is 0.244 e. The Morgan fingerprint density at radius 1 is 0.902 bits per heavy atom. The average Bonchev–Trinajstić information content (AvgIpc) is 2.90. The summed E-state index contributed by atoms with van der Waals surface area (Å²) >= 11 is 13.0. The van der Waals surface area contributed by atoms with Gasteiger partial charge in [0.15, 0.2) is 0 Å². The Kier molecular flexibility index (Phi) is 11.2. The number of carbonyl (C=O) groups is 2. The first-order valence-corrected chi connectivity index (χ1v) is 16.0. The van der Waals surface area contributed by atoms with E-state index in [0.717, 1.165) is 27.3 Å². The predicted octanol–water partition coefficient (Wildman–Crippen LogP) is 5.79. The molecule has 0 spiro atoms. The van der Waals surface area contributed by atoms with E-state index in [4.69, 9.17) is 23.2 Å². The third-order valence-electron chi connectivity index (χ3n) is 6.80. The molecule has 0 fully saturated rings. The van der Waals surface area contributed by atoms with Crippen LogP contribution in [-0.4, -0.2) is 50.5 Å². The Labute approximate surface area is 253 Å². The molecule has 0 aliphatic rings. The predicted molar refractivity (Wildman–Crippen MR) is 167 cm³/mol. The van der Waals surface area contributed by atoms with Gasteiger partial charge in [-0.2, -0.15) is 0 Å². The fourth-order valence-electron chi connectivity index (χ4n) is 4.32. The summed E-state index contributed by atoms with van der Waals surface area (Å²) in [6, 6.07) is 18.6. The van der Waals surface area contributed by atoms with Crippen molar-refractivity contribution in [3.8, 4) is 0 Å². The minimum atomic E-state index is -3.86. The molecule has 41 heavy (non-hydrogen) atoms. The highest BCUT2D eigenvalue weighted by atomic mass is 35.5. The molecule has 0 saturated heterocycles. The molecule has 1 N–H and O–H groups in total. The lowest BCUT2D eigenvalue weighted by Crippen LogP contribution is -2.53. The van der Waals surface area contributed by atoms with Crippen molar-refractivity contribution in [1.82, 2.24) is 10.2 Å². The number of nitrogens with one attached hydrogen (secondary N) is 1. The topological polar surface area (TPSA) is 86.8 Å². The molecule has 0 saturated carbocycles. The van der Waals surface area contributed by atoms with E-state index < -0.39 is 28.5 Å². The molecule has 1 unspecified atom stereocenters. The third-order valence-corrected chi connectivity index (χ3v) is 8.65. The van der Waals surface area contributed by atoms with Crippen LogP contribution in [0.15, 0.2) is 66.7 Å². The van der Waals surface area contributed by atoms with Gasteiger partial charge in [0.1, 0.15) is 12.6 Å². The van der Waals surface area contributed by atoms with Gasteiger partial charge >= 0.3 is 0 Å². The highest BCUT2D eigenvalue weighted by Crippen LogP contribution is 2.28. The first kappa shape index (κ1) is 32.4. The van der Waals surface area contributed by atoms with Crippen LogP contribution in [0, 0.1) is 19.8 Å². The zero-order valence-corrected chi connectivity index (χ0v) is 26.4. The van der Waals surface area contributed by atoms with Crippen LogP contribution in [0.25, 0.3) is 0 Å². The SMILES string of the molecule is Cc1ccc(N(CC(=O)N(Cc2c(Cl)cccc2Cl)C(Cc2ccccc2)C(=O)NCC(C)C)S(C)(=O)=O)cc1C. The maximum absolute atomic E-state index is 14.2. The number of halogens is 2. The standard InChI is InChI=1S/C31H37Cl2N3O4S/c1-21(2)18-34-31(38)29(17-24-10-7-6-8-11-24)35(19-26-27(32)12-9-13-28(26)33)30(37)20-36(41(5,39)40)25-15-14-22(3)23(4)16-25/h6-16,21,29H,17-20H2,1-5H3,(H,34,38). The van der Waals surface area contributed by atoms with E-state index in [-0.39, 0.29) is 24.8 Å². The van der Waals surface area contributed by atoms with Gasteiger partial charge in [-0.05, 0) is 60.7 Å². The van der Waals surface area contributed by atoms with E-state index in [1.165, 1.54) is 4.90 Å². The smallest absolute Gasteiger partial charge is 0.244 e. The summed E-state index contributed by atoms with van der Waals surface area (Å²) in [5.41, 5.74) is 3.56. The molecule has 3 rings (SSSR count). The molecule has 0 aromatic heterocycles. The zero-order chi connectivity index (χ0) is 30.3. The normalized spacial score (nSPS) is 12.2. The van der Waals surface area contributed by atoms with E-state index in [0.29, 0.717) is 27.8 Å². The van der Waals surface area contributed by atoms with Gasteiger partial charge in [0, 0.05) is 35.1 Å². The lowest BCUT2D eigenvalue weighted by atomic mass is 10.0. The summed E-state index contributed by atoms with van der Waals surface area (Å²) in [5, 5.41) is 3.63. The zero-order valence-electron chi connectivity index (χ0n) is 24.0. The second-order valence-corrected chi connectivity index (χ2v) is 13.3. The van der Waals surface area contributed by atoms with Gasteiger partial charge < -0.3 is 10.2 Å². The summed E-state index contributed by atoms with van der Waals surface area (Å²) in [6.07, 6.45) is 1.27. The molecule has 1 atom stereocenters. The van der Waals surface area contributed by atoms with Crippen LogP contribution in [0.1, 0.15) is 36.1 Å². The fourth-order valence-corrected chi connectivity index (χ4v) is 5.68. The van der Waals surface area contributed by atoms with Crippen molar-refractivity contribution in [3.63, 3.8) is 0 Å². The number of rotatable bonds is 12. The number of aryl methyl sites for hydroxylation is 2. The Balaban J connectivity index is 2.10. The van der Waals surface area contributed by atoms with E-state index in [9.17, 15) is 18.0 Å². The third kappa shape index (κ3) is 8.96. The van der Waals surface area contributed by atoms with Gasteiger partial charge in [-0.15, -0.1) is 0 Å². The number of amides is 2. The van der Waals surface area contributed by atoms with Crippen molar-refractivity contribution in [3.05, 3.63) is 99.0 Å². The number of sulfonamides is 1. The largest absolute Gasteiger partial charge is 0.354 e. The lowest BCUT2D eigenvalue weighted by molar-refractivity contribution is -0.140. The molecular weight excluding hydrogens is 581 g/mol. The van der Waals surface area contributed by atoms with Crippen LogP contribution in [0.5, 0.6) is 0 Å². The summed E-state index contributed by atoms with van der Waals surface area (Å²) in [5.74, 6) is -0.731. The summed E-state index contributed by atoms with van der Waals surface area (Å²) < 4.78 is 27.0. The molecule has 220 valence electrons. The fraction of sp³-hybridized carbons (Fsp3) is 0.355. The van der Waals surface area contributed by atoms with Crippen LogP contribution < -0.4 is 9.62 Å². The molecule has 10 heteroatoms. The van der Waals surface area contributed by atoms with Gasteiger partial charge in [-0.25, -0.2) is 8.42 Å². The summed E-state index contributed by atoms with van der Waals surface area (Å²) in [4.78, 5) is 29.3.